The number of carbonyl (C=O) groups excluding carboxylic acids is 1. The van der Waals surface area contributed by atoms with Gasteiger partial charge in [0.1, 0.15) is 0 Å². The van der Waals surface area contributed by atoms with Gasteiger partial charge in [0.25, 0.3) is 0 Å². The lowest BCUT2D eigenvalue weighted by molar-refractivity contribution is -0.105. The van der Waals surface area contributed by atoms with E-state index in [0.717, 1.165) is 30.9 Å². The molecule has 4 heteroatoms. The van der Waals surface area contributed by atoms with Gasteiger partial charge >= 0.3 is 0 Å². The fourth-order valence-electron chi connectivity index (χ4n) is 1.88. The third kappa shape index (κ3) is 2.27. The number of benzene rings is 1. The van der Waals surface area contributed by atoms with E-state index in [-0.39, 0.29) is 6.04 Å². The van der Waals surface area contributed by atoms with Crippen LogP contribution in [0.5, 0.6) is 0 Å². The van der Waals surface area contributed by atoms with E-state index in [1.54, 1.807) is 0 Å². The minimum atomic E-state index is 0.271. The molecule has 3 N–H and O–H groups in total. The van der Waals surface area contributed by atoms with Crippen LogP contribution in [0.4, 0.5) is 11.4 Å². The molecule has 1 aliphatic rings. The van der Waals surface area contributed by atoms with Gasteiger partial charge in [0.15, 0.2) is 0 Å². The average Bonchev–Trinajstić information content (AvgIpc) is 2.66. The van der Waals surface area contributed by atoms with Crippen molar-refractivity contribution in [2.45, 2.75) is 12.5 Å². The number of hydrogen-bond acceptors (Lipinski definition) is 3. The summed E-state index contributed by atoms with van der Waals surface area (Å²) in [5, 5.41) is 2.64. The maximum atomic E-state index is 10.3. The highest BCUT2D eigenvalue weighted by Gasteiger charge is 2.19. The van der Waals surface area contributed by atoms with Gasteiger partial charge in [0.05, 0.1) is 0 Å². The molecule has 1 saturated heterocycles. The molecule has 80 valence electrons. The first-order valence-corrected chi connectivity index (χ1v) is 5.10. The number of hydrogen-bond donors (Lipinski definition) is 2. The zero-order valence-electron chi connectivity index (χ0n) is 8.52. The molecular weight excluding hydrogens is 190 g/mol. The number of nitrogens with one attached hydrogen (secondary N) is 1. The highest BCUT2D eigenvalue weighted by Crippen LogP contribution is 2.22. The van der Waals surface area contributed by atoms with Crippen molar-refractivity contribution in [3.63, 3.8) is 0 Å². The van der Waals surface area contributed by atoms with Gasteiger partial charge in [-0.3, -0.25) is 4.79 Å². The molecule has 1 fully saturated rings. The Hall–Kier alpha value is -1.55. The van der Waals surface area contributed by atoms with Crippen LogP contribution in [0.3, 0.4) is 0 Å². The second kappa shape index (κ2) is 4.31. The Balaban J connectivity index is 2.13. The van der Waals surface area contributed by atoms with Crippen molar-refractivity contribution in [2.75, 3.05) is 23.3 Å². The first-order valence-electron chi connectivity index (χ1n) is 5.10. The van der Waals surface area contributed by atoms with Gasteiger partial charge < -0.3 is 16.0 Å². The van der Waals surface area contributed by atoms with Crippen LogP contribution < -0.4 is 16.0 Å². The largest absolute Gasteiger partial charge is 0.370 e. The molecule has 15 heavy (non-hydrogen) atoms. The summed E-state index contributed by atoms with van der Waals surface area (Å²) < 4.78 is 0. The van der Waals surface area contributed by atoms with Crippen molar-refractivity contribution in [3.8, 4) is 0 Å². The Kier molecular flexibility index (Phi) is 2.87. The van der Waals surface area contributed by atoms with E-state index >= 15 is 0 Å². The number of amides is 1. The zero-order chi connectivity index (χ0) is 10.7. The van der Waals surface area contributed by atoms with Gasteiger partial charge in [-0.05, 0) is 24.6 Å². The topological polar surface area (TPSA) is 58.4 Å². The number of anilines is 2. The molecule has 1 aliphatic heterocycles. The van der Waals surface area contributed by atoms with E-state index in [1.807, 2.05) is 24.3 Å². The lowest BCUT2D eigenvalue weighted by atomic mass is 10.2. The second-order valence-electron chi connectivity index (χ2n) is 3.81. The lowest BCUT2D eigenvalue weighted by Crippen LogP contribution is -2.26. The van der Waals surface area contributed by atoms with E-state index < -0.39 is 0 Å². The molecule has 0 saturated carbocycles. The SMILES string of the molecule is NC1CCN(c2cccc(NC=O)c2)C1. The van der Waals surface area contributed by atoms with Crippen LogP contribution in [0.1, 0.15) is 6.42 Å². The predicted molar refractivity (Wildman–Crippen MR) is 60.9 cm³/mol. The molecular formula is C11H15N3O. The van der Waals surface area contributed by atoms with Crippen molar-refractivity contribution >= 4 is 17.8 Å². The molecule has 0 spiro atoms. The normalized spacial score (nSPS) is 20.3. The minimum absolute atomic E-state index is 0.271. The Morgan fingerprint density at radius 3 is 3.07 bits per heavy atom. The summed E-state index contributed by atoms with van der Waals surface area (Å²) in [5.74, 6) is 0. The molecule has 0 radical (unpaired) electrons. The quantitative estimate of drug-likeness (QED) is 0.717. The maximum Gasteiger partial charge on any atom is 0.211 e. The molecule has 0 aliphatic carbocycles. The van der Waals surface area contributed by atoms with E-state index in [9.17, 15) is 4.79 Å². The van der Waals surface area contributed by atoms with Gasteiger partial charge in [0.2, 0.25) is 6.41 Å². The van der Waals surface area contributed by atoms with Gasteiger partial charge in [-0.1, -0.05) is 6.07 Å². The Morgan fingerprint density at radius 1 is 1.53 bits per heavy atom. The molecule has 2 rings (SSSR count). The van der Waals surface area contributed by atoms with Crippen molar-refractivity contribution in [2.24, 2.45) is 5.73 Å². The zero-order valence-corrected chi connectivity index (χ0v) is 8.52. The second-order valence-corrected chi connectivity index (χ2v) is 3.81. The summed E-state index contributed by atoms with van der Waals surface area (Å²) in [6, 6.07) is 8.08. The molecule has 4 nitrogen and oxygen atoms in total. The van der Waals surface area contributed by atoms with Gasteiger partial charge in [-0.25, -0.2) is 0 Å². The van der Waals surface area contributed by atoms with Crippen molar-refractivity contribution in [1.82, 2.24) is 0 Å². The number of carbonyl (C=O) groups is 1. The van der Waals surface area contributed by atoms with Crippen LogP contribution in [-0.4, -0.2) is 25.5 Å². The van der Waals surface area contributed by atoms with Crippen LogP contribution in [0.25, 0.3) is 0 Å². The van der Waals surface area contributed by atoms with E-state index in [0.29, 0.717) is 6.41 Å². The van der Waals surface area contributed by atoms with E-state index in [1.165, 1.54) is 0 Å². The predicted octanol–water partition coefficient (Wildman–Crippen LogP) is 0.792. The highest BCUT2D eigenvalue weighted by molar-refractivity contribution is 5.73. The number of nitrogens with zero attached hydrogens (tertiary/aromatic N) is 1. The summed E-state index contributed by atoms with van der Waals surface area (Å²) >= 11 is 0. The van der Waals surface area contributed by atoms with Crippen molar-refractivity contribution < 1.29 is 4.79 Å². The van der Waals surface area contributed by atoms with Crippen LogP contribution in [0.15, 0.2) is 24.3 Å². The third-order valence-corrected chi connectivity index (χ3v) is 2.66. The minimum Gasteiger partial charge on any atom is -0.370 e. The molecule has 1 atom stereocenters. The van der Waals surface area contributed by atoms with Gasteiger partial charge in [0, 0.05) is 30.5 Å². The van der Waals surface area contributed by atoms with Crippen molar-refractivity contribution in [3.05, 3.63) is 24.3 Å². The molecule has 1 unspecified atom stereocenters. The van der Waals surface area contributed by atoms with Crippen LogP contribution in [-0.2, 0) is 4.79 Å². The average molecular weight is 205 g/mol. The molecule has 0 bridgehead atoms. The standard InChI is InChI=1S/C11H15N3O/c12-9-4-5-14(7-9)11-3-1-2-10(6-11)13-8-15/h1-3,6,8-9H,4-5,7,12H2,(H,13,15). The first-order chi connectivity index (χ1) is 7.29. The Morgan fingerprint density at radius 2 is 2.40 bits per heavy atom. The van der Waals surface area contributed by atoms with Crippen LogP contribution >= 0.6 is 0 Å². The fourth-order valence-corrected chi connectivity index (χ4v) is 1.88. The fraction of sp³-hybridized carbons (Fsp3) is 0.364. The smallest absolute Gasteiger partial charge is 0.211 e. The van der Waals surface area contributed by atoms with Gasteiger partial charge in [-0.2, -0.15) is 0 Å². The summed E-state index contributed by atoms with van der Waals surface area (Å²) in [7, 11) is 0. The third-order valence-electron chi connectivity index (χ3n) is 2.66. The van der Waals surface area contributed by atoms with Crippen LogP contribution in [0, 0.1) is 0 Å². The monoisotopic (exact) mass is 205 g/mol. The maximum absolute atomic E-state index is 10.3. The first kappa shape index (κ1) is 9.98. The summed E-state index contributed by atoms with van der Waals surface area (Å²) in [4.78, 5) is 12.6. The number of rotatable bonds is 3. The highest BCUT2D eigenvalue weighted by atomic mass is 16.1. The van der Waals surface area contributed by atoms with E-state index in [2.05, 4.69) is 10.2 Å². The molecule has 1 heterocycles. The summed E-state index contributed by atoms with van der Waals surface area (Å²) in [6.07, 6.45) is 1.72. The molecule has 1 aromatic carbocycles. The molecule has 1 aromatic rings. The lowest BCUT2D eigenvalue weighted by Gasteiger charge is -2.18. The summed E-state index contributed by atoms with van der Waals surface area (Å²) in [6.45, 7) is 1.89. The Labute approximate surface area is 89.1 Å². The molecule has 0 aromatic heterocycles. The van der Waals surface area contributed by atoms with Gasteiger partial charge in [-0.15, -0.1) is 0 Å². The van der Waals surface area contributed by atoms with Crippen molar-refractivity contribution in [1.29, 1.82) is 0 Å². The van der Waals surface area contributed by atoms with E-state index in [4.69, 9.17) is 5.73 Å². The Bertz CT molecular complexity index is 353. The summed E-state index contributed by atoms with van der Waals surface area (Å²) in [5.41, 5.74) is 7.79. The number of nitrogens with two attached hydrogens (primary N) is 1. The molecule has 1 amide bonds. The van der Waals surface area contributed by atoms with Crippen LogP contribution in [0.2, 0.25) is 0 Å².